The fraction of sp³-hybridized carbons (Fsp3) is 0. The van der Waals surface area contributed by atoms with E-state index in [4.69, 9.17) is 0 Å². The van der Waals surface area contributed by atoms with Crippen LogP contribution < -0.4 is 0 Å². The zero-order valence-corrected chi connectivity index (χ0v) is 13.3. The van der Waals surface area contributed by atoms with Gasteiger partial charge in [0, 0.05) is 65.4 Å². The Bertz CT molecular complexity index is 167. The Kier molecular flexibility index (Phi) is 23.0. The van der Waals surface area contributed by atoms with Gasteiger partial charge in [0.2, 0.25) is 0 Å². The van der Waals surface area contributed by atoms with E-state index in [1.165, 1.54) is 0 Å². The third kappa shape index (κ3) is 11.2. The first-order chi connectivity index (χ1) is 4.50. The van der Waals surface area contributed by atoms with Crippen LogP contribution in [0.4, 0.5) is 0 Å². The summed E-state index contributed by atoms with van der Waals surface area (Å²) in [5, 5.41) is 0. The Morgan fingerprint density at radius 1 is 0.667 bits per heavy atom. The fourth-order valence-corrected chi connectivity index (χ4v) is 0.649. The molecule has 0 fully saturated rings. The third-order valence-electron chi connectivity index (χ3n) is 1.10. The Morgan fingerprint density at radius 2 is 1.00 bits per heavy atom. The van der Waals surface area contributed by atoms with Crippen molar-refractivity contribution in [3.8, 4) is 0 Å². The van der Waals surface area contributed by atoms with Gasteiger partial charge in [0.15, 0.2) is 7.28 Å². The SMILES string of the molecule is B1C=CC=CC=CC=C1.[Co].[Ta].[Zr]. The summed E-state index contributed by atoms with van der Waals surface area (Å²) in [6.07, 6.45) is 12.2. The normalized spacial score (nSPS) is 12.0. The van der Waals surface area contributed by atoms with Crippen molar-refractivity contribution in [2.75, 3.05) is 0 Å². The second kappa shape index (κ2) is 14.7. The molecule has 0 unspecified atom stereocenters. The van der Waals surface area contributed by atoms with Gasteiger partial charge in [-0.3, -0.25) is 0 Å². The summed E-state index contributed by atoms with van der Waals surface area (Å²) in [7, 11) is 1.04. The molecule has 0 amide bonds. The molecule has 0 saturated carbocycles. The van der Waals surface area contributed by atoms with Gasteiger partial charge in [-0.1, -0.05) is 36.5 Å². The maximum absolute atomic E-state index is 2.12. The Morgan fingerprint density at radius 3 is 1.42 bits per heavy atom. The van der Waals surface area contributed by atoms with Crippen LogP contribution in [0.15, 0.2) is 48.4 Å². The molecule has 0 saturated heterocycles. The van der Waals surface area contributed by atoms with Crippen LogP contribution in [0.25, 0.3) is 0 Å². The first-order valence-electron chi connectivity index (χ1n) is 3.15. The van der Waals surface area contributed by atoms with Gasteiger partial charge in [-0.2, -0.15) is 0 Å². The molecule has 1 rings (SSSR count). The Balaban J connectivity index is -0.000000270. The van der Waals surface area contributed by atoms with Crippen molar-refractivity contribution < 1.29 is 65.4 Å². The van der Waals surface area contributed by atoms with Crippen LogP contribution in [-0.4, -0.2) is 7.28 Å². The monoisotopic (exact) mass is 446 g/mol. The maximum Gasteiger partial charge on any atom is 0.173 e. The van der Waals surface area contributed by atoms with E-state index in [9.17, 15) is 0 Å². The quantitative estimate of drug-likeness (QED) is 0.495. The van der Waals surface area contributed by atoms with E-state index in [0.717, 1.165) is 7.28 Å². The zero-order valence-electron chi connectivity index (χ0n) is 6.61. The minimum Gasteiger partial charge on any atom is -0.114 e. The van der Waals surface area contributed by atoms with Crippen molar-refractivity contribution >= 4 is 7.28 Å². The van der Waals surface area contributed by atoms with Gasteiger partial charge in [-0.25, -0.2) is 0 Å². The summed E-state index contributed by atoms with van der Waals surface area (Å²) >= 11 is 0. The topological polar surface area (TPSA) is 0 Å². The van der Waals surface area contributed by atoms with Crippen LogP contribution in [0.1, 0.15) is 0 Å². The van der Waals surface area contributed by atoms with Crippen LogP contribution in [0.5, 0.6) is 0 Å². The minimum atomic E-state index is 0. The molecule has 1 heterocycles. The summed E-state index contributed by atoms with van der Waals surface area (Å²) < 4.78 is 0. The second-order valence-electron chi connectivity index (χ2n) is 1.86. The van der Waals surface area contributed by atoms with Gasteiger partial charge in [0.25, 0.3) is 0 Å². The van der Waals surface area contributed by atoms with Crippen LogP contribution in [-0.2, 0) is 65.4 Å². The molecule has 0 bridgehead atoms. The van der Waals surface area contributed by atoms with Crippen molar-refractivity contribution in [1.29, 1.82) is 0 Å². The third-order valence-corrected chi connectivity index (χ3v) is 1.10. The molecule has 62 valence electrons. The maximum atomic E-state index is 2.12. The molecule has 1 aliphatic rings. The average molecular weight is 447 g/mol. The molecular weight excluding hydrogens is 438 g/mol. The fourth-order valence-electron chi connectivity index (χ4n) is 0.649. The molecule has 12 heavy (non-hydrogen) atoms. The van der Waals surface area contributed by atoms with Crippen molar-refractivity contribution in [3.63, 3.8) is 0 Å². The van der Waals surface area contributed by atoms with Crippen molar-refractivity contribution in [3.05, 3.63) is 48.4 Å². The zero-order chi connectivity index (χ0) is 6.36. The van der Waals surface area contributed by atoms with Crippen LogP contribution in [0.3, 0.4) is 0 Å². The molecule has 0 nitrogen and oxygen atoms in total. The molecule has 1 aliphatic heterocycles. The smallest absolute Gasteiger partial charge is 0.114 e. The Labute approximate surface area is 120 Å². The molecule has 2 radical (unpaired) electrons. The van der Waals surface area contributed by atoms with Gasteiger partial charge in [0.05, 0.1) is 0 Å². The molecule has 4 heteroatoms. The van der Waals surface area contributed by atoms with E-state index in [1.807, 2.05) is 24.3 Å². The minimum absolute atomic E-state index is 0. The number of rotatable bonds is 0. The number of hydrogen-bond donors (Lipinski definition) is 0. The van der Waals surface area contributed by atoms with Gasteiger partial charge in [0.1, 0.15) is 0 Å². The molecule has 0 spiro atoms. The standard InChI is InChI=1S/C8H9B.Co.Ta.Zr/c1-2-4-6-8-9-7-5-3-1;;;/h1-9H;;;. The van der Waals surface area contributed by atoms with E-state index in [0.29, 0.717) is 0 Å². The van der Waals surface area contributed by atoms with Gasteiger partial charge in [-0.05, 0) is 0 Å². The molecule has 0 atom stereocenters. The van der Waals surface area contributed by atoms with E-state index in [2.05, 4.69) is 24.1 Å². The van der Waals surface area contributed by atoms with Crippen molar-refractivity contribution in [1.82, 2.24) is 0 Å². The van der Waals surface area contributed by atoms with Gasteiger partial charge in [-0.15, -0.1) is 12.0 Å². The van der Waals surface area contributed by atoms with Gasteiger partial charge < -0.3 is 0 Å². The predicted octanol–water partition coefficient (Wildman–Crippen LogP) is 1.57. The molecule has 0 aliphatic carbocycles. The molecule has 0 N–H and O–H groups in total. The average Bonchev–Trinajstić information content (AvgIpc) is 2.00. The van der Waals surface area contributed by atoms with Crippen LogP contribution >= 0.6 is 0 Å². The summed E-state index contributed by atoms with van der Waals surface area (Å²) in [5.41, 5.74) is 0. The first kappa shape index (κ1) is 18.8. The number of allylic oxidation sites excluding steroid dienone is 6. The summed E-state index contributed by atoms with van der Waals surface area (Å²) in [6, 6.07) is 0. The van der Waals surface area contributed by atoms with Crippen molar-refractivity contribution in [2.45, 2.75) is 0 Å². The summed E-state index contributed by atoms with van der Waals surface area (Å²) in [4.78, 5) is 0. The van der Waals surface area contributed by atoms with E-state index >= 15 is 0 Å². The largest absolute Gasteiger partial charge is 0.173 e. The molecule has 0 aromatic carbocycles. The molecule has 0 aromatic heterocycles. The predicted molar refractivity (Wildman–Crippen MR) is 43.7 cm³/mol. The molecule has 0 aromatic rings. The second-order valence-corrected chi connectivity index (χ2v) is 1.86. The van der Waals surface area contributed by atoms with E-state index in [1.54, 1.807) is 0 Å². The summed E-state index contributed by atoms with van der Waals surface area (Å²) in [5.74, 6) is 4.25. The van der Waals surface area contributed by atoms with Crippen LogP contribution in [0, 0.1) is 0 Å². The molecular formula is C8H9BCoTaZr. The number of hydrogen-bond acceptors (Lipinski definition) is 0. The summed E-state index contributed by atoms with van der Waals surface area (Å²) in [6.45, 7) is 0. The van der Waals surface area contributed by atoms with Gasteiger partial charge >= 0.3 is 0 Å². The van der Waals surface area contributed by atoms with E-state index in [-0.39, 0.29) is 65.4 Å². The Hall–Kier alpha value is 1.15. The van der Waals surface area contributed by atoms with E-state index < -0.39 is 0 Å². The van der Waals surface area contributed by atoms with Crippen molar-refractivity contribution in [2.24, 2.45) is 0 Å². The first-order valence-corrected chi connectivity index (χ1v) is 3.15. The van der Waals surface area contributed by atoms with Crippen LogP contribution in [0.2, 0.25) is 0 Å².